The number of ether oxygens (including phenoxy) is 1. The number of rotatable bonds is 8. The van der Waals surface area contributed by atoms with E-state index in [1.165, 1.54) is 41.0 Å². The summed E-state index contributed by atoms with van der Waals surface area (Å²) in [6.07, 6.45) is 1.02. The minimum Gasteiger partial charge on any atom is -0.452 e. The van der Waals surface area contributed by atoms with E-state index < -0.39 is 11.0 Å². The van der Waals surface area contributed by atoms with Crippen LogP contribution in [0.25, 0.3) is 0 Å². The van der Waals surface area contributed by atoms with E-state index in [0.29, 0.717) is 12.4 Å². The predicted octanol–water partition coefficient (Wildman–Crippen LogP) is 5.13. The molecule has 2 rings (SSSR count). The number of nitro groups is 1. The fourth-order valence-electron chi connectivity index (χ4n) is 2.12. The molecule has 0 aliphatic heterocycles. The van der Waals surface area contributed by atoms with Crippen molar-refractivity contribution >= 4 is 50.8 Å². The molecule has 10 heteroatoms. The molecule has 1 atom stereocenters. The van der Waals surface area contributed by atoms with Gasteiger partial charge in [-0.2, -0.15) is 0 Å². The number of alkyl halides is 1. The maximum Gasteiger partial charge on any atom is 0.414 e. The third-order valence-corrected chi connectivity index (χ3v) is 6.62. The summed E-state index contributed by atoms with van der Waals surface area (Å²) in [7, 11) is 4.33. The molecular formula is C17H18ClN3O4S2. The van der Waals surface area contributed by atoms with Crippen LogP contribution < -0.4 is 4.90 Å². The predicted molar refractivity (Wildman–Crippen MR) is 110 cm³/mol. The molecule has 2 aromatic rings. The van der Waals surface area contributed by atoms with E-state index in [1.54, 1.807) is 11.0 Å². The first kappa shape index (κ1) is 21.3. The third-order valence-electron chi connectivity index (χ3n) is 3.45. The Morgan fingerprint density at radius 1 is 1.33 bits per heavy atom. The molecule has 0 saturated carbocycles. The number of benzene rings is 1. The minimum absolute atomic E-state index is 0.0667. The zero-order chi connectivity index (χ0) is 19.8. The number of halogens is 1. The van der Waals surface area contributed by atoms with Gasteiger partial charge in [-0.3, -0.25) is 4.90 Å². The Kier molecular flexibility index (Phi) is 8.21. The Morgan fingerprint density at radius 3 is 2.56 bits per heavy atom. The molecule has 0 saturated heterocycles. The molecule has 0 radical (unpaired) electrons. The first-order valence-corrected chi connectivity index (χ1v) is 10.6. The smallest absolute Gasteiger partial charge is 0.414 e. The second-order valence-corrected chi connectivity index (χ2v) is 8.46. The lowest BCUT2D eigenvalue weighted by molar-refractivity contribution is -0.389. The number of aromatic nitrogens is 1. The topological polar surface area (TPSA) is 85.6 Å². The maximum absolute atomic E-state index is 12.2. The lowest BCUT2D eigenvalue weighted by Crippen LogP contribution is -2.35. The van der Waals surface area contributed by atoms with Crippen LogP contribution >= 0.6 is 33.2 Å². The number of nitrogens with zero attached hydrogens (tertiary/aromatic N) is 3. The Hall–Kier alpha value is -1.97. The summed E-state index contributed by atoms with van der Waals surface area (Å²) < 4.78 is 4.89. The summed E-state index contributed by atoms with van der Waals surface area (Å²) in [5, 5.41) is 10.7. The maximum atomic E-state index is 12.2. The van der Waals surface area contributed by atoms with Crippen molar-refractivity contribution in [2.75, 3.05) is 18.6 Å². The summed E-state index contributed by atoms with van der Waals surface area (Å²) in [5.74, 6) is 0.222. The number of amides is 1. The van der Waals surface area contributed by atoms with E-state index in [-0.39, 0.29) is 11.1 Å². The highest BCUT2D eigenvalue weighted by Crippen LogP contribution is 2.35. The molecule has 0 bridgehead atoms. The quantitative estimate of drug-likeness (QED) is 0.250. The van der Waals surface area contributed by atoms with Crippen molar-refractivity contribution < 1.29 is 14.5 Å². The summed E-state index contributed by atoms with van der Waals surface area (Å²) in [5.41, 5.74) is 1.69. The van der Waals surface area contributed by atoms with Crippen molar-refractivity contribution in [2.45, 2.75) is 22.9 Å². The van der Waals surface area contributed by atoms with Gasteiger partial charge in [-0.1, -0.05) is 40.6 Å². The van der Waals surface area contributed by atoms with Crippen LogP contribution in [0, 0.1) is 10.1 Å². The summed E-state index contributed by atoms with van der Waals surface area (Å²) in [6, 6.07) is 10.4. The Bertz CT molecular complexity index is 775. The zero-order valence-electron chi connectivity index (χ0n) is 14.7. The van der Waals surface area contributed by atoms with Crippen molar-refractivity contribution in [3.63, 3.8) is 0 Å². The second-order valence-electron chi connectivity index (χ2n) is 5.48. The largest absolute Gasteiger partial charge is 0.452 e. The first-order valence-electron chi connectivity index (χ1n) is 7.88. The van der Waals surface area contributed by atoms with E-state index in [9.17, 15) is 14.9 Å². The first-order chi connectivity index (χ1) is 12.9. The van der Waals surface area contributed by atoms with Gasteiger partial charge >= 0.3 is 11.9 Å². The average Bonchev–Trinajstić information content (AvgIpc) is 2.70. The molecule has 0 aliphatic rings. The molecule has 0 aliphatic carbocycles. The van der Waals surface area contributed by atoms with Crippen molar-refractivity contribution in [1.82, 2.24) is 4.98 Å². The van der Waals surface area contributed by atoms with E-state index in [2.05, 4.69) is 4.98 Å². The highest BCUT2D eigenvalue weighted by atomic mass is 35.5. The molecule has 1 amide bonds. The van der Waals surface area contributed by atoms with Crippen LogP contribution in [0.4, 0.5) is 16.3 Å². The molecule has 1 heterocycles. The molecule has 144 valence electrons. The molecule has 1 aromatic carbocycles. The van der Waals surface area contributed by atoms with Crippen LogP contribution in [0.1, 0.15) is 12.5 Å². The van der Waals surface area contributed by atoms with Crippen molar-refractivity contribution in [2.24, 2.45) is 0 Å². The Morgan fingerprint density at radius 2 is 2.04 bits per heavy atom. The van der Waals surface area contributed by atoms with E-state index in [0.717, 1.165) is 16.1 Å². The zero-order valence-corrected chi connectivity index (χ0v) is 17.1. The van der Waals surface area contributed by atoms with Gasteiger partial charge in [0.2, 0.25) is 0 Å². The molecule has 27 heavy (non-hydrogen) atoms. The normalized spacial score (nSPS) is 11.7. The molecule has 7 nitrogen and oxygen atoms in total. The number of anilines is 1. The molecule has 0 unspecified atom stereocenters. The van der Waals surface area contributed by atoms with Gasteiger partial charge < -0.3 is 14.9 Å². The number of hydrogen-bond acceptors (Lipinski definition) is 7. The fourth-order valence-corrected chi connectivity index (χ4v) is 4.30. The third kappa shape index (κ3) is 6.30. The summed E-state index contributed by atoms with van der Waals surface area (Å²) in [4.78, 5) is 28.4. The number of methoxy groups -OCH3 is 1. The highest BCUT2D eigenvalue weighted by molar-refractivity contribution is 8.76. The van der Waals surface area contributed by atoms with Gasteiger partial charge in [0.15, 0.2) is 6.20 Å². The van der Waals surface area contributed by atoms with Crippen LogP contribution in [0.2, 0.25) is 0 Å². The minimum atomic E-state index is -0.534. The van der Waals surface area contributed by atoms with Gasteiger partial charge in [-0.15, -0.1) is 11.6 Å². The SMILES string of the molecule is COC(=O)N(C[C@@H](C)SSc1ccc([N+](=O)[O-])nc1)c1ccc(CCl)cc1. The standard InChI is InChI=1S/C17H18ClN3O4S2/c1-12(26-27-15-7-8-16(19-10-15)21(23)24)11-20(17(22)25-2)14-5-3-13(9-18)4-6-14/h3-8,10,12H,9,11H2,1-2H3/t12-/m1/s1. The van der Waals surface area contributed by atoms with Crippen molar-refractivity contribution in [3.8, 4) is 0 Å². The molecule has 0 N–H and O–H groups in total. The van der Waals surface area contributed by atoms with Gasteiger partial charge in [0, 0.05) is 29.4 Å². The monoisotopic (exact) mass is 427 g/mol. The van der Waals surface area contributed by atoms with E-state index in [1.807, 2.05) is 31.2 Å². The lowest BCUT2D eigenvalue weighted by Gasteiger charge is -2.24. The molecular weight excluding hydrogens is 410 g/mol. The number of carbonyl (C=O) groups excluding carboxylic acids is 1. The van der Waals surface area contributed by atoms with Crippen LogP contribution in [0.5, 0.6) is 0 Å². The summed E-state index contributed by atoms with van der Waals surface area (Å²) in [6.45, 7) is 2.42. The number of pyridine rings is 1. The van der Waals surface area contributed by atoms with E-state index >= 15 is 0 Å². The van der Waals surface area contributed by atoms with Gasteiger partial charge in [-0.25, -0.2) is 4.79 Å². The molecule has 0 spiro atoms. The Balaban J connectivity index is 1.99. The lowest BCUT2D eigenvalue weighted by atomic mass is 10.2. The van der Waals surface area contributed by atoms with Gasteiger partial charge in [0.05, 0.1) is 12.0 Å². The average molecular weight is 428 g/mol. The van der Waals surface area contributed by atoms with Gasteiger partial charge in [0.1, 0.15) is 0 Å². The van der Waals surface area contributed by atoms with Crippen LogP contribution in [0.3, 0.4) is 0 Å². The fraction of sp³-hybridized carbons (Fsp3) is 0.294. The molecule has 1 aromatic heterocycles. The van der Waals surface area contributed by atoms with Gasteiger partial charge in [-0.05, 0) is 33.7 Å². The number of carbonyl (C=O) groups is 1. The van der Waals surface area contributed by atoms with Crippen LogP contribution in [0.15, 0.2) is 47.5 Å². The van der Waals surface area contributed by atoms with E-state index in [4.69, 9.17) is 16.3 Å². The second kappa shape index (κ2) is 10.4. The van der Waals surface area contributed by atoms with Gasteiger partial charge in [0.25, 0.3) is 0 Å². The van der Waals surface area contributed by atoms with Crippen molar-refractivity contribution in [1.29, 1.82) is 0 Å². The Labute approximate surface area is 170 Å². The highest BCUT2D eigenvalue weighted by Gasteiger charge is 2.20. The summed E-state index contributed by atoms with van der Waals surface area (Å²) >= 11 is 5.81. The van der Waals surface area contributed by atoms with Crippen molar-refractivity contribution in [3.05, 3.63) is 58.3 Å². The van der Waals surface area contributed by atoms with Crippen LogP contribution in [-0.4, -0.2) is 34.9 Å². The number of hydrogen-bond donors (Lipinski definition) is 0. The molecule has 0 fully saturated rings. The van der Waals surface area contributed by atoms with Crippen LogP contribution in [-0.2, 0) is 10.6 Å².